The Morgan fingerprint density at radius 1 is 0.538 bits per heavy atom. The Kier molecular flexibility index (Phi) is 7.47. The summed E-state index contributed by atoms with van der Waals surface area (Å²) in [4.78, 5) is 4.68. The lowest BCUT2D eigenvalue weighted by atomic mass is 10.3. The summed E-state index contributed by atoms with van der Waals surface area (Å²) < 4.78 is 0. The quantitative estimate of drug-likeness (QED) is 0.271. The molecule has 26 heavy (non-hydrogen) atoms. The normalized spacial score (nSPS) is 10.7. The lowest BCUT2D eigenvalue weighted by Gasteiger charge is -2.24. The van der Waals surface area contributed by atoms with E-state index in [1.807, 2.05) is 72.8 Å². The molecule has 134 valence electrons. The van der Waals surface area contributed by atoms with Gasteiger partial charge in [-0.05, 0) is 72.8 Å². The molecule has 3 rings (SSSR count). The van der Waals surface area contributed by atoms with Gasteiger partial charge < -0.3 is 4.90 Å². The molecule has 0 fully saturated rings. The predicted octanol–water partition coefficient (Wildman–Crippen LogP) is 7.95. The first-order chi connectivity index (χ1) is 12.6. The highest BCUT2D eigenvalue weighted by Gasteiger charge is 2.09. The molecule has 6 heteroatoms. The Balaban J connectivity index is 1.69. The molecule has 1 nitrogen and oxygen atoms in total. The second kappa shape index (κ2) is 9.82. The van der Waals surface area contributed by atoms with E-state index in [4.69, 9.17) is 34.8 Å². The zero-order valence-corrected chi connectivity index (χ0v) is 17.6. The Hall–Kier alpha value is -0.970. The Morgan fingerprint density at radius 2 is 0.885 bits per heavy atom. The zero-order valence-electron chi connectivity index (χ0n) is 13.7. The maximum Gasteiger partial charge on any atom is 0.0694 e. The summed E-state index contributed by atoms with van der Waals surface area (Å²) in [6, 6.07) is 23.8. The van der Waals surface area contributed by atoms with Crippen LogP contribution in [0.15, 0.2) is 82.6 Å². The molecular weight excluding hydrogens is 425 g/mol. The molecule has 3 aromatic carbocycles. The number of hydrogen-bond donors (Lipinski definition) is 0. The van der Waals surface area contributed by atoms with Crippen LogP contribution >= 0.6 is 58.3 Å². The van der Waals surface area contributed by atoms with Crippen LogP contribution < -0.4 is 4.90 Å². The molecule has 0 N–H and O–H groups in total. The van der Waals surface area contributed by atoms with Crippen LogP contribution in [0.5, 0.6) is 0 Å². The van der Waals surface area contributed by atoms with Crippen LogP contribution in [0.25, 0.3) is 0 Å². The number of halogens is 3. The fourth-order valence-corrected chi connectivity index (χ4v) is 4.45. The third kappa shape index (κ3) is 6.04. The molecule has 0 atom stereocenters. The Morgan fingerprint density at radius 3 is 1.27 bits per heavy atom. The van der Waals surface area contributed by atoms with Crippen LogP contribution in [-0.4, -0.2) is 11.8 Å². The number of rotatable bonds is 7. The van der Waals surface area contributed by atoms with Crippen LogP contribution in [0.3, 0.4) is 0 Å². The van der Waals surface area contributed by atoms with Crippen molar-refractivity contribution in [3.05, 3.63) is 87.9 Å². The molecular formula is C20H16Cl3NS2. The summed E-state index contributed by atoms with van der Waals surface area (Å²) in [5.74, 6) is 1.65. The molecule has 0 radical (unpaired) electrons. The van der Waals surface area contributed by atoms with E-state index in [-0.39, 0.29) is 0 Å². The smallest absolute Gasteiger partial charge is 0.0694 e. The van der Waals surface area contributed by atoms with Gasteiger partial charge in [0.2, 0.25) is 0 Å². The molecule has 0 aliphatic carbocycles. The van der Waals surface area contributed by atoms with Gasteiger partial charge in [-0.2, -0.15) is 0 Å². The third-order valence-corrected chi connectivity index (χ3v) is 6.44. The number of benzene rings is 3. The average molecular weight is 441 g/mol. The molecule has 0 bridgehead atoms. The van der Waals surface area contributed by atoms with Gasteiger partial charge in [0.1, 0.15) is 0 Å². The van der Waals surface area contributed by atoms with Crippen molar-refractivity contribution in [1.29, 1.82) is 0 Å². The molecule has 0 aromatic heterocycles. The average Bonchev–Trinajstić information content (AvgIpc) is 2.65. The molecule has 0 aliphatic rings. The van der Waals surface area contributed by atoms with Crippen molar-refractivity contribution in [2.75, 3.05) is 16.7 Å². The minimum absolute atomic E-state index is 0.740. The van der Waals surface area contributed by atoms with Crippen molar-refractivity contribution in [3.63, 3.8) is 0 Å². The summed E-state index contributed by atoms with van der Waals surface area (Å²) in [5.41, 5.74) is 1.14. The highest BCUT2D eigenvalue weighted by molar-refractivity contribution is 8.00. The summed E-state index contributed by atoms with van der Waals surface area (Å²) in [5, 5.41) is 2.24. The lowest BCUT2D eigenvalue weighted by Crippen LogP contribution is -2.21. The van der Waals surface area contributed by atoms with Crippen LogP contribution in [0.4, 0.5) is 5.69 Å². The van der Waals surface area contributed by atoms with Gasteiger partial charge in [-0.3, -0.25) is 0 Å². The van der Waals surface area contributed by atoms with Crippen molar-refractivity contribution >= 4 is 64.0 Å². The highest BCUT2D eigenvalue weighted by Crippen LogP contribution is 2.29. The van der Waals surface area contributed by atoms with E-state index in [1.165, 1.54) is 9.79 Å². The Bertz CT molecular complexity index is 772. The standard InChI is InChI=1S/C20H16Cl3NS2/c21-15-1-7-18(8-2-15)24(13-25-19-9-3-16(22)4-10-19)14-26-20-11-5-17(23)6-12-20/h1-12H,13-14H2. The number of hydrogen-bond acceptors (Lipinski definition) is 3. The van der Waals surface area contributed by atoms with Gasteiger partial charge in [-0.1, -0.05) is 34.8 Å². The van der Waals surface area contributed by atoms with Crippen LogP contribution in [-0.2, 0) is 0 Å². The first-order valence-electron chi connectivity index (χ1n) is 7.87. The van der Waals surface area contributed by atoms with E-state index in [0.29, 0.717) is 0 Å². The van der Waals surface area contributed by atoms with Gasteiger partial charge in [0.25, 0.3) is 0 Å². The molecule has 0 saturated heterocycles. The minimum Gasteiger partial charge on any atom is -0.352 e. The third-order valence-electron chi connectivity index (χ3n) is 3.59. The second-order valence-electron chi connectivity index (χ2n) is 5.47. The summed E-state index contributed by atoms with van der Waals surface area (Å²) in [6.07, 6.45) is 0. The van der Waals surface area contributed by atoms with E-state index >= 15 is 0 Å². The Labute approximate surface area is 177 Å². The fraction of sp³-hybridized carbons (Fsp3) is 0.100. The number of nitrogens with zero attached hydrogens (tertiary/aromatic N) is 1. The summed E-state index contributed by atoms with van der Waals surface area (Å²) in [7, 11) is 0. The van der Waals surface area contributed by atoms with Crippen LogP contribution in [0.2, 0.25) is 15.1 Å². The second-order valence-corrected chi connectivity index (χ2v) is 8.82. The molecule has 0 saturated carbocycles. The van der Waals surface area contributed by atoms with E-state index in [1.54, 1.807) is 23.5 Å². The van der Waals surface area contributed by atoms with E-state index in [0.717, 1.165) is 32.5 Å². The first-order valence-corrected chi connectivity index (χ1v) is 11.0. The van der Waals surface area contributed by atoms with Crippen LogP contribution in [0, 0.1) is 0 Å². The highest BCUT2D eigenvalue weighted by atomic mass is 35.5. The lowest BCUT2D eigenvalue weighted by molar-refractivity contribution is 1.06. The van der Waals surface area contributed by atoms with Crippen molar-refractivity contribution < 1.29 is 0 Å². The van der Waals surface area contributed by atoms with Gasteiger partial charge in [0, 0.05) is 30.5 Å². The number of thioether (sulfide) groups is 2. The topological polar surface area (TPSA) is 3.24 Å². The summed E-state index contributed by atoms with van der Waals surface area (Å²) >= 11 is 21.5. The van der Waals surface area contributed by atoms with Crippen molar-refractivity contribution in [2.24, 2.45) is 0 Å². The van der Waals surface area contributed by atoms with Gasteiger partial charge in [-0.15, -0.1) is 23.5 Å². The van der Waals surface area contributed by atoms with E-state index in [9.17, 15) is 0 Å². The maximum absolute atomic E-state index is 6.04. The molecule has 0 heterocycles. The molecule has 3 aromatic rings. The van der Waals surface area contributed by atoms with Gasteiger partial charge >= 0.3 is 0 Å². The summed E-state index contributed by atoms with van der Waals surface area (Å²) in [6.45, 7) is 0. The minimum atomic E-state index is 0.740. The molecule has 0 amide bonds. The maximum atomic E-state index is 6.04. The van der Waals surface area contributed by atoms with Crippen molar-refractivity contribution in [3.8, 4) is 0 Å². The van der Waals surface area contributed by atoms with Crippen molar-refractivity contribution in [2.45, 2.75) is 9.79 Å². The molecule has 0 spiro atoms. The van der Waals surface area contributed by atoms with E-state index < -0.39 is 0 Å². The monoisotopic (exact) mass is 439 g/mol. The van der Waals surface area contributed by atoms with Gasteiger partial charge in [-0.25, -0.2) is 0 Å². The zero-order chi connectivity index (χ0) is 18.4. The van der Waals surface area contributed by atoms with E-state index in [2.05, 4.69) is 4.90 Å². The van der Waals surface area contributed by atoms with Crippen molar-refractivity contribution in [1.82, 2.24) is 0 Å². The van der Waals surface area contributed by atoms with Crippen LogP contribution in [0.1, 0.15) is 0 Å². The van der Waals surface area contributed by atoms with Gasteiger partial charge in [0.05, 0.1) is 11.8 Å². The fourth-order valence-electron chi connectivity index (χ4n) is 2.20. The predicted molar refractivity (Wildman–Crippen MR) is 118 cm³/mol. The molecule has 0 aliphatic heterocycles. The van der Waals surface area contributed by atoms with Gasteiger partial charge in [0.15, 0.2) is 0 Å². The first kappa shape index (κ1) is 19.8. The SMILES string of the molecule is Clc1ccc(SCN(CSc2ccc(Cl)cc2)c2ccc(Cl)cc2)cc1. The number of anilines is 1. The molecule has 0 unspecified atom stereocenters. The largest absolute Gasteiger partial charge is 0.352 e.